The lowest BCUT2D eigenvalue weighted by atomic mass is 10.0. The van der Waals surface area contributed by atoms with Crippen LogP contribution < -0.4 is 5.73 Å². The van der Waals surface area contributed by atoms with Gasteiger partial charge in [0.15, 0.2) is 0 Å². The Hall–Kier alpha value is -1.89. The molecule has 0 aliphatic heterocycles. The van der Waals surface area contributed by atoms with Crippen molar-refractivity contribution in [3.05, 3.63) is 12.2 Å². The largest absolute Gasteiger partial charge is 0.469 e. The highest BCUT2D eigenvalue weighted by atomic mass is 16.5. The summed E-state index contributed by atoms with van der Waals surface area (Å²) in [5, 5.41) is 0. The van der Waals surface area contributed by atoms with Crippen molar-refractivity contribution in [1.82, 2.24) is 0 Å². The van der Waals surface area contributed by atoms with E-state index in [2.05, 4.69) is 14.2 Å². The Morgan fingerprint density at radius 2 is 1.62 bits per heavy atom. The fourth-order valence-electron chi connectivity index (χ4n) is 1.62. The Kier molecular flexibility index (Phi) is 9.87. The van der Waals surface area contributed by atoms with Gasteiger partial charge < -0.3 is 19.9 Å². The van der Waals surface area contributed by atoms with Gasteiger partial charge in [-0.2, -0.15) is 0 Å². The summed E-state index contributed by atoms with van der Waals surface area (Å²) < 4.78 is 13.7. The molecule has 7 nitrogen and oxygen atoms in total. The minimum absolute atomic E-state index is 0.127. The molecule has 0 fully saturated rings. The average Bonchev–Trinajstić information content (AvgIpc) is 2.51. The first-order chi connectivity index (χ1) is 9.96. The number of ether oxygens (including phenoxy) is 3. The minimum Gasteiger partial charge on any atom is -0.469 e. The normalized spacial score (nSPS) is 13.5. The molecule has 0 amide bonds. The molecule has 0 aromatic rings. The summed E-state index contributed by atoms with van der Waals surface area (Å²) in [6, 6.07) is -0.689. The van der Waals surface area contributed by atoms with Gasteiger partial charge in [0.2, 0.25) is 0 Å². The zero-order valence-electron chi connectivity index (χ0n) is 12.7. The summed E-state index contributed by atoms with van der Waals surface area (Å²) in [4.78, 5) is 33.8. The van der Waals surface area contributed by atoms with Crippen molar-refractivity contribution in [3.63, 3.8) is 0 Å². The van der Waals surface area contributed by atoms with Gasteiger partial charge in [-0.05, 0) is 19.3 Å². The molecule has 0 bridgehead atoms. The summed E-state index contributed by atoms with van der Waals surface area (Å²) in [6.07, 6.45) is 4.75. The molecule has 2 N–H and O–H groups in total. The van der Waals surface area contributed by atoms with Crippen molar-refractivity contribution in [2.75, 3.05) is 21.3 Å². The predicted octanol–water partition coefficient (Wildman–Crippen LogP) is 0.566. The smallest absolute Gasteiger partial charge is 0.322 e. The van der Waals surface area contributed by atoms with E-state index in [-0.39, 0.29) is 12.4 Å². The predicted molar refractivity (Wildman–Crippen MR) is 75.1 cm³/mol. The first kappa shape index (κ1) is 19.1. The van der Waals surface area contributed by atoms with Gasteiger partial charge >= 0.3 is 17.9 Å². The lowest BCUT2D eigenvalue weighted by Crippen LogP contribution is -2.31. The summed E-state index contributed by atoms with van der Waals surface area (Å²) in [7, 11) is 3.85. The molecule has 0 saturated heterocycles. The van der Waals surface area contributed by atoms with Crippen LogP contribution in [0.3, 0.4) is 0 Å². The Morgan fingerprint density at radius 3 is 2.14 bits per heavy atom. The van der Waals surface area contributed by atoms with Crippen LogP contribution in [0.5, 0.6) is 0 Å². The SMILES string of the molecule is COC(=O)CC[C@@H](/C=C/CC[C@H](N)C(=O)OC)C(=O)OC. The minimum atomic E-state index is -0.689. The molecular formula is C14H23NO6. The molecule has 21 heavy (non-hydrogen) atoms. The van der Waals surface area contributed by atoms with Crippen LogP contribution in [0.1, 0.15) is 25.7 Å². The number of rotatable bonds is 9. The van der Waals surface area contributed by atoms with Gasteiger partial charge in [0.1, 0.15) is 6.04 Å². The van der Waals surface area contributed by atoms with E-state index in [9.17, 15) is 14.4 Å². The zero-order valence-corrected chi connectivity index (χ0v) is 12.7. The molecule has 0 aliphatic carbocycles. The lowest BCUT2D eigenvalue weighted by Gasteiger charge is -2.10. The molecule has 0 saturated carbocycles. The van der Waals surface area contributed by atoms with Gasteiger partial charge in [-0.25, -0.2) is 0 Å². The van der Waals surface area contributed by atoms with Crippen molar-refractivity contribution in [2.45, 2.75) is 31.7 Å². The van der Waals surface area contributed by atoms with Crippen LogP contribution >= 0.6 is 0 Å². The maximum absolute atomic E-state index is 11.6. The van der Waals surface area contributed by atoms with Gasteiger partial charge in [0.05, 0.1) is 27.2 Å². The molecule has 0 unspecified atom stereocenters. The maximum atomic E-state index is 11.6. The molecule has 0 rings (SSSR count). The molecule has 0 aromatic carbocycles. The van der Waals surface area contributed by atoms with E-state index in [1.54, 1.807) is 12.2 Å². The molecule has 7 heteroatoms. The van der Waals surface area contributed by atoms with Gasteiger partial charge in [-0.1, -0.05) is 12.2 Å². The number of esters is 3. The fourth-order valence-corrected chi connectivity index (χ4v) is 1.62. The second-order valence-electron chi connectivity index (χ2n) is 4.38. The van der Waals surface area contributed by atoms with Crippen LogP contribution in [-0.4, -0.2) is 45.3 Å². The Bertz CT molecular complexity index is 380. The van der Waals surface area contributed by atoms with E-state index in [4.69, 9.17) is 5.73 Å². The molecule has 0 aromatic heterocycles. The summed E-state index contributed by atoms with van der Waals surface area (Å²) in [5.41, 5.74) is 5.59. The number of carbonyl (C=O) groups excluding carboxylic acids is 3. The molecular weight excluding hydrogens is 278 g/mol. The molecule has 0 spiro atoms. The third-order valence-corrected chi connectivity index (χ3v) is 2.91. The number of hydrogen-bond acceptors (Lipinski definition) is 7. The van der Waals surface area contributed by atoms with Crippen molar-refractivity contribution in [3.8, 4) is 0 Å². The first-order valence-corrected chi connectivity index (χ1v) is 6.61. The Labute approximate surface area is 124 Å². The highest BCUT2D eigenvalue weighted by molar-refractivity contribution is 5.76. The highest BCUT2D eigenvalue weighted by Crippen LogP contribution is 2.12. The third kappa shape index (κ3) is 8.09. The molecule has 0 radical (unpaired) electrons. The van der Waals surface area contributed by atoms with E-state index in [1.807, 2.05) is 0 Å². The monoisotopic (exact) mass is 301 g/mol. The lowest BCUT2D eigenvalue weighted by molar-refractivity contribution is -0.145. The van der Waals surface area contributed by atoms with Gasteiger partial charge in [0.25, 0.3) is 0 Å². The van der Waals surface area contributed by atoms with E-state index in [0.29, 0.717) is 19.3 Å². The van der Waals surface area contributed by atoms with Gasteiger partial charge in [0, 0.05) is 6.42 Å². The second kappa shape index (κ2) is 10.8. The van der Waals surface area contributed by atoms with E-state index < -0.39 is 23.9 Å². The number of hydrogen-bond donors (Lipinski definition) is 1. The van der Waals surface area contributed by atoms with Crippen molar-refractivity contribution >= 4 is 17.9 Å². The van der Waals surface area contributed by atoms with Crippen LogP contribution in [0.2, 0.25) is 0 Å². The van der Waals surface area contributed by atoms with E-state index >= 15 is 0 Å². The molecule has 120 valence electrons. The number of nitrogens with two attached hydrogens (primary N) is 1. The Morgan fingerprint density at radius 1 is 1.00 bits per heavy atom. The molecule has 0 heterocycles. The van der Waals surface area contributed by atoms with Gasteiger partial charge in [-0.3, -0.25) is 14.4 Å². The van der Waals surface area contributed by atoms with Gasteiger partial charge in [-0.15, -0.1) is 0 Å². The van der Waals surface area contributed by atoms with E-state index in [0.717, 1.165) is 0 Å². The van der Waals surface area contributed by atoms with Crippen LogP contribution in [0.25, 0.3) is 0 Å². The standard InChI is InChI=1S/C14H23NO6/c1-19-12(16)9-8-10(13(17)20-2)6-4-5-7-11(15)14(18)21-3/h4,6,10-11H,5,7-9,15H2,1-3H3/b6-4+/t10-,11+/m1/s1. The van der Waals surface area contributed by atoms with Crippen molar-refractivity contribution < 1.29 is 28.6 Å². The number of carbonyl (C=O) groups is 3. The van der Waals surface area contributed by atoms with Crippen LogP contribution in [0.4, 0.5) is 0 Å². The summed E-state index contributed by atoms with van der Waals surface area (Å²) >= 11 is 0. The third-order valence-electron chi connectivity index (χ3n) is 2.91. The highest BCUT2D eigenvalue weighted by Gasteiger charge is 2.18. The van der Waals surface area contributed by atoms with Crippen LogP contribution in [0.15, 0.2) is 12.2 Å². The maximum Gasteiger partial charge on any atom is 0.322 e. The van der Waals surface area contributed by atoms with Crippen molar-refractivity contribution in [2.24, 2.45) is 11.7 Å². The quantitative estimate of drug-likeness (QED) is 0.377. The van der Waals surface area contributed by atoms with Crippen molar-refractivity contribution in [1.29, 1.82) is 0 Å². The van der Waals surface area contributed by atoms with Crippen LogP contribution in [-0.2, 0) is 28.6 Å². The summed E-state index contributed by atoms with van der Waals surface area (Å²) in [5.74, 6) is -1.81. The number of methoxy groups -OCH3 is 3. The zero-order chi connectivity index (χ0) is 16.3. The molecule has 2 atom stereocenters. The number of allylic oxidation sites excluding steroid dienone is 1. The topological polar surface area (TPSA) is 105 Å². The first-order valence-electron chi connectivity index (χ1n) is 6.61. The fraction of sp³-hybridized carbons (Fsp3) is 0.643. The summed E-state index contributed by atoms with van der Waals surface area (Å²) in [6.45, 7) is 0. The van der Waals surface area contributed by atoms with E-state index in [1.165, 1.54) is 21.3 Å². The molecule has 0 aliphatic rings. The van der Waals surface area contributed by atoms with Crippen LogP contribution in [0, 0.1) is 5.92 Å². The Balaban J connectivity index is 4.33. The average molecular weight is 301 g/mol. The second-order valence-corrected chi connectivity index (χ2v) is 4.38.